The molecule has 0 radical (unpaired) electrons. The fraction of sp³-hybridized carbons (Fsp3) is 0.375. The van der Waals surface area contributed by atoms with Crippen LogP contribution in [0.25, 0.3) is 0 Å². The van der Waals surface area contributed by atoms with Crippen molar-refractivity contribution in [3.63, 3.8) is 0 Å². The van der Waals surface area contributed by atoms with E-state index in [2.05, 4.69) is 19.2 Å². The highest BCUT2D eigenvalue weighted by Gasteiger charge is 2.44. The van der Waals surface area contributed by atoms with Crippen molar-refractivity contribution in [2.45, 2.75) is 46.2 Å². The van der Waals surface area contributed by atoms with E-state index >= 15 is 0 Å². The molecule has 1 aliphatic heterocycles. The van der Waals surface area contributed by atoms with Crippen LogP contribution in [-0.2, 0) is 9.59 Å². The van der Waals surface area contributed by atoms with Gasteiger partial charge >= 0.3 is 6.03 Å². The van der Waals surface area contributed by atoms with Crippen molar-refractivity contribution in [1.29, 1.82) is 0 Å². The third-order valence-corrected chi connectivity index (χ3v) is 5.31. The highest BCUT2D eigenvalue weighted by atomic mass is 16.2. The molecule has 0 aromatic heterocycles. The highest BCUT2D eigenvalue weighted by Crippen LogP contribution is 2.26. The summed E-state index contributed by atoms with van der Waals surface area (Å²) in [4.78, 5) is 40.9. The quantitative estimate of drug-likeness (QED) is 0.704. The first-order valence-electron chi connectivity index (χ1n) is 10.3. The third-order valence-electron chi connectivity index (χ3n) is 5.31. The van der Waals surface area contributed by atoms with Crippen LogP contribution in [0, 0.1) is 12.8 Å². The third kappa shape index (κ3) is 4.70. The lowest BCUT2D eigenvalue weighted by Crippen LogP contribution is -2.42. The van der Waals surface area contributed by atoms with Crippen molar-refractivity contribution >= 4 is 23.5 Å². The zero-order valence-electron chi connectivity index (χ0n) is 18.0. The zero-order valence-corrected chi connectivity index (χ0v) is 18.0. The number of urea groups is 1. The molecule has 1 saturated heterocycles. The molecule has 30 heavy (non-hydrogen) atoms. The molecule has 0 aliphatic carbocycles. The van der Waals surface area contributed by atoms with Crippen LogP contribution in [0.3, 0.4) is 0 Å². The molecule has 0 spiro atoms. The number of carbonyl (C=O) groups is 3. The molecule has 158 valence electrons. The second-order valence-corrected chi connectivity index (χ2v) is 8.25. The van der Waals surface area contributed by atoms with E-state index in [1.54, 1.807) is 6.92 Å². The molecular weight excluding hydrogens is 378 g/mol. The monoisotopic (exact) mass is 407 g/mol. The van der Waals surface area contributed by atoms with E-state index in [-0.39, 0.29) is 24.4 Å². The second kappa shape index (κ2) is 9.11. The van der Waals surface area contributed by atoms with Crippen molar-refractivity contribution in [1.82, 2.24) is 10.2 Å². The lowest BCUT2D eigenvalue weighted by atomic mass is 9.97. The van der Waals surface area contributed by atoms with Crippen molar-refractivity contribution in [3.8, 4) is 0 Å². The van der Waals surface area contributed by atoms with E-state index < -0.39 is 12.1 Å². The number of aryl methyl sites for hydroxylation is 1. The molecule has 6 heteroatoms. The number of nitrogens with one attached hydrogen (secondary N) is 1. The fourth-order valence-corrected chi connectivity index (χ4v) is 3.73. The van der Waals surface area contributed by atoms with Crippen molar-refractivity contribution in [2.75, 3.05) is 11.4 Å². The molecule has 1 aliphatic rings. The normalized spacial score (nSPS) is 17.6. The van der Waals surface area contributed by atoms with Crippen LogP contribution in [0.4, 0.5) is 10.5 Å². The van der Waals surface area contributed by atoms with Gasteiger partial charge in [-0.3, -0.25) is 19.4 Å². The number of imide groups is 1. The predicted molar refractivity (Wildman–Crippen MR) is 117 cm³/mol. The lowest BCUT2D eigenvalue weighted by molar-refractivity contribution is -0.132. The molecule has 2 aromatic rings. The summed E-state index contributed by atoms with van der Waals surface area (Å²) in [6, 6.07) is 15.9. The number of amides is 4. The van der Waals surface area contributed by atoms with E-state index in [1.165, 1.54) is 4.90 Å². The van der Waals surface area contributed by atoms with Gasteiger partial charge in [-0.2, -0.15) is 0 Å². The standard InChI is InChI=1S/C24H29N3O3/c1-16(2)14-21(19-8-6-5-7-9-19)25-22(28)15-26-23(29)18(4)27(24(26)30)20-12-10-17(3)11-13-20/h5-13,16,18,21H,14-15H2,1-4H3,(H,25,28)/t18-,21-/m0/s1. The summed E-state index contributed by atoms with van der Waals surface area (Å²) < 4.78 is 0. The number of benzene rings is 2. The van der Waals surface area contributed by atoms with Gasteiger partial charge in [-0.15, -0.1) is 0 Å². The smallest absolute Gasteiger partial charge is 0.332 e. The fourth-order valence-electron chi connectivity index (χ4n) is 3.73. The minimum Gasteiger partial charge on any atom is -0.348 e. The molecule has 0 bridgehead atoms. The molecule has 1 fully saturated rings. The lowest BCUT2D eigenvalue weighted by Gasteiger charge is -2.23. The van der Waals surface area contributed by atoms with Gasteiger partial charge in [0, 0.05) is 5.69 Å². The van der Waals surface area contributed by atoms with Gasteiger partial charge in [-0.05, 0) is 43.9 Å². The average Bonchev–Trinajstić information content (AvgIpc) is 2.92. The Bertz CT molecular complexity index is 909. The maximum Gasteiger partial charge on any atom is 0.332 e. The van der Waals surface area contributed by atoms with E-state index in [4.69, 9.17) is 0 Å². The Balaban J connectivity index is 1.72. The number of carbonyl (C=O) groups excluding carboxylic acids is 3. The largest absolute Gasteiger partial charge is 0.348 e. The molecule has 2 aromatic carbocycles. The molecule has 0 saturated carbocycles. The molecule has 0 unspecified atom stereocenters. The Morgan fingerprint density at radius 1 is 1.03 bits per heavy atom. The first-order chi connectivity index (χ1) is 14.3. The van der Waals surface area contributed by atoms with E-state index in [1.807, 2.05) is 61.5 Å². The number of hydrogen-bond acceptors (Lipinski definition) is 3. The predicted octanol–water partition coefficient (Wildman–Crippen LogP) is 4.06. The Kier molecular flexibility index (Phi) is 6.55. The average molecular weight is 408 g/mol. The molecule has 2 atom stereocenters. The van der Waals surface area contributed by atoms with Crippen LogP contribution < -0.4 is 10.2 Å². The van der Waals surface area contributed by atoms with Crippen molar-refractivity contribution in [3.05, 3.63) is 65.7 Å². The first-order valence-corrected chi connectivity index (χ1v) is 10.3. The number of nitrogens with zero attached hydrogens (tertiary/aromatic N) is 2. The summed E-state index contributed by atoms with van der Waals surface area (Å²) in [5.41, 5.74) is 2.72. The summed E-state index contributed by atoms with van der Waals surface area (Å²) in [6.45, 7) is 7.55. The van der Waals surface area contributed by atoms with Crippen LogP contribution in [0.2, 0.25) is 0 Å². The molecule has 3 rings (SSSR count). The Morgan fingerprint density at radius 3 is 2.27 bits per heavy atom. The van der Waals surface area contributed by atoms with Crippen molar-refractivity contribution in [2.24, 2.45) is 5.92 Å². The molecular formula is C24H29N3O3. The van der Waals surface area contributed by atoms with Gasteiger partial charge in [0.2, 0.25) is 5.91 Å². The van der Waals surface area contributed by atoms with Gasteiger partial charge in [0.25, 0.3) is 5.91 Å². The summed E-state index contributed by atoms with van der Waals surface area (Å²) in [6.07, 6.45) is 0.767. The van der Waals surface area contributed by atoms with E-state index in [0.717, 1.165) is 22.4 Å². The van der Waals surface area contributed by atoms with Crippen LogP contribution in [-0.4, -0.2) is 35.3 Å². The maximum absolute atomic E-state index is 12.9. The summed E-state index contributed by atoms with van der Waals surface area (Å²) in [5.74, 6) is -0.331. The minimum absolute atomic E-state index is 0.169. The molecule has 6 nitrogen and oxygen atoms in total. The highest BCUT2D eigenvalue weighted by molar-refractivity contribution is 6.15. The van der Waals surface area contributed by atoms with Gasteiger partial charge in [0.15, 0.2) is 0 Å². The van der Waals surface area contributed by atoms with Gasteiger partial charge < -0.3 is 5.32 Å². The number of hydrogen-bond donors (Lipinski definition) is 1. The van der Waals surface area contributed by atoms with Crippen LogP contribution in [0.5, 0.6) is 0 Å². The van der Waals surface area contributed by atoms with Crippen molar-refractivity contribution < 1.29 is 14.4 Å². The summed E-state index contributed by atoms with van der Waals surface area (Å²) in [7, 11) is 0. The Morgan fingerprint density at radius 2 is 1.67 bits per heavy atom. The Hall–Kier alpha value is -3.15. The molecule has 1 N–H and O–H groups in total. The SMILES string of the molecule is Cc1ccc(N2C(=O)N(CC(=O)N[C@@H](CC(C)C)c3ccccc3)C(=O)[C@@H]2C)cc1. The topological polar surface area (TPSA) is 69.7 Å². The van der Waals surface area contributed by atoms with E-state index in [0.29, 0.717) is 11.6 Å². The van der Waals surface area contributed by atoms with Gasteiger partial charge in [-0.25, -0.2) is 4.79 Å². The summed E-state index contributed by atoms with van der Waals surface area (Å²) in [5, 5.41) is 3.01. The molecule has 1 heterocycles. The second-order valence-electron chi connectivity index (χ2n) is 8.25. The van der Waals surface area contributed by atoms with E-state index in [9.17, 15) is 14.4 Å². The van der Waals surface area contributed by atoms with Crippen LogP contribution >= 0.6 is 0 Å². The maximum atomic E-state index is 12.9. The Labute approximate surface area is 177 Å². The van der Waals surface area contributed by atoms with Gasteiger partial charge in [0.05, 0.1) is 6.04 Å². The van der Waals surface area contributed by atoms with Crippen LogP contribution in [0.15, 0.2) is 54.6 Å². The first kappa shape index (κ1) is 21.6. The zero-order chi connectivity index (χ0) is 21.8. The van der Waals surface area contributed by atoms with Gasteiger partial charge in [0.1, 0.15) is 12.6 Å². The number of rotatable bonds is 7. The summed E-state index contributed by atoms with van der Waals surface area (Å²) >= 11 is 0. The number of anilines is 1. The van der Waals surface area contributed by atoms with Gasteiger partial charge in [-0.1, -0.05) is 61.9 Å². The van der Waals surface area contributed by atoms with Crippen LogP contribution in [0.1, 0.15) is 44.4 Å². The molecule has 4 amide bonds. The minimum atomic E-state index is -0.645.